The van der Waals surface area contributed by atoms with Crippen molar-refractivity contribution in [2.24, 2.45) is 0 Å². The number of aliphatic hydroxyl groups excluding tert-OH is 1. The van der Waals surface area contributed by atoms with E-state index in [1.165, 1.54) is 11.0 Å². The average Bonchev–Trinajstić information content (AvgIpc) is 3.54. The highest BCUT2D eigenvalue weighted by Crippen LogP contribution is 2.44. The second kappa shape index (κ2) is 10.2. The molecule has 0 aliphatic carbocycles. The monoisotopic (exact) mass is 594 g/mol. The first-order valence-electron chi connectivity index (χ1n) is 11.8. The highest BCUT2D eigenvalue weighted by molar-refractivity contribution is 9.10. The van der Waals surface area contributed by atoms with Crippen molar-refractivity contribution in [3.05, 3.63) is 92.4 Å². The van der Waals surface area contributed by atoms with Gasteiger partial charge in [0.2, 0.25) is 0 Å². The third kappa shape index (κ3) is 4.54. The van der Waals surface area contributed by atoms with Gasteiger partial charge in [-0.2, -0.15) is 0 Å². The molecule has 1 amide bonds. The second-order valence-electron chi connectivity index (χ2n) is 8.97. The number of nitrogens with zero attached hydrogens (tertiary/aromatic N) is 2. The quantitative estimate of drug-likeness (QED) is 0.132. The minimum Gasteiger partial charge on any atom is -0.507 e. The van der Waals surface area contributed by atoms with Gasteiger partial charge in [-0.15, -0.1) is 0 Å². The van der Waals surface area contributed by atoms with Gasteiger partial charge in [-0.25, -0.2) is 9.78 Å². The summed E-state index contributed by atoms with van der Waals surface area (Å²) in [4.78, 5) is 45.3. The Morgan fingerprint density at radius 1 is 1.29 bits per heavy atom. The summed E-state index contributed by atoms with van der Waals surface area (Å²) in [6.07, 6.45) is 2.13. The molecule has 2 atom stereocenters. The van der Waals surface area contributed by atoms with E-state index in [1.54, 1.807) is 49.4 Å². The third-order valence-electron chi connectivity index (χ3n) is 6.31. The first kappa shape index (κ1) is 25.9. The van der Waals surface area contributed by atoms with E-state index in [1.807, 2.05) is 6.92 Å². The van der Waals surface area contributed by atoms with E-state index in [2.05, 4.69) is 27.5 Å². The third-order valence-corrected chi connectivity index (χ3v) is 7.97. The maximum Gasteiger partial charge on any atom is 0.350 e. The van der Waals surface area contributed by atoms with Crippen LogP contribution in [0.15, 0.2) is 65.2 Å². The molecule has 0 radical (unpaired) electrons. The Morgan fingerprint density at radius 3 is 2.74 bits per heavy atom. The summed E-state index contributed by atoms with van der Waals surface area (Å²) in [5.74, 6) is -1.85. The number of Topliss-reactive ketones (excluding diaryl/α,β-unsaturated/α-hetero) is 1. The zero-order valence-electron chi connectivity index (χ0n) is 20.6. The number of anilines is 1. The van der Waals surface area contributed by atoms with Crippen molar-refractivity contribution in [2.45, 2.75) is 32.4 Å². The average molecular weight is 595 g/mol. The first-order valence-corrected chi connectivity index (χ1v) is 13.4. The number of fused-ring (bicyclic) bond motifs is 1. The standard InChI is InChI=1S/C28H23BrN2O6S/c1-4-11-36-27(35)25-15(3)30-28(38-25)31-22(16-5-8-19(29)9-6-16)21(24(33)26(31)34)23(32)17-7-10-20-18(13-17)12-14(2)37-20/h4-10,13-14,22,32H,1,11-12H2,2-3H3/b23-21+. The largest absolute Gasteiger partial charge is 0.507 e. The molecule has 5 rings (SSSR count). The lowest BCUT2D eigenvalue weighted by molar-refractivity contribution is -0.132. The predicted molar refractivity (Wildman–Crippen MR) is 146 cm³/mol. The smallest absolute Gasteiger partial charge is 0.350 e. The molecule has 3 aromatic rings. The molecule has 10 heteroatoms. The summed E-state index contributed by atoms with van der Waals surface area (Å²) in [6, 6.07) is 11.3. The Morgan fingerprint density at radius 2 is 2.03 bits per heavy atom. The molecule has 1 aromatic heterocycles. The highest BCUT2D eigenvalue weighted by Gasteiger charge is 2.48. The predicted octanol–water partition coefficient (Wildman–Crippen LogP) is 5.51. The van der Waals surface area contributed by atoms with Crippen molar-refractivity contribution in [3.63, 3.8) is 0 Å². The van der Waals surface area contributed by atoms with Gasteiger partial charge in [0.25, 0.3) is 5.78 Å². The highest BCUT2D eigenvalue weighted by atomic mass is 79.9. The zero-order chi connectivity index (χ0) is 27.1. The van der Waals surface area contributed by atoms with Crippen LogP contribution < -0.4 is 9.64 Å². The number of aliphatic hydroxyl groups is 1. The van der Waals surface area contributed by atoms with Crippen molar-refractivity contribution in [3.8, 4) is 5.75 Å². The van der Waals surface area contributed by atoms with Crippen LogP contribution in [0.3, 0.4) is 0 Å². The lowest BCUT2D eigenvalue weighted by Gasteiger charge is -2.23. The molecule has 0 spiro atoms. The fourth-order valence-corrected chi connectivity index (χ4v) is 5.84. The van der Waals surface area contributed by atoms with Crippen LogP contribution in [-0.2, 0) is 20.7 Å². The van der Waals surface area contributed by atoms with Crippen LogP contribution >= 0.6 is 27.3 Å². The van der Waals surface area contributed by atoms with Crippen LogP contribution in [0.2, 0.25) is 0 Å². The van der Waals surface area contributed by atoms with E-state index in [-0.39, 0.29) is 34.1 Å². The number of ketones is 1. The number of thiazole rings is 1. The lowest BCUT2D eigenvalue weighted by Crippen LogP contribution is -2.29. The van der Waals surface area contributed by atoms with Crippen molar-refractivity contribution >= 4 is 55.8 Å². The van der Waals surface area contributed by atoms with Gasteiger partial charge in [-0.05, 0) is 55.3 Å². The van der Waals surface area contributed by atoms with Gasteiger partial charge in [0.05, 0.1) is 17.3 Å². The minimum absolute atomic E-state index is 0.0104. The van der Waals surface area contributed by atoms with Crippen LogP contribution in [0.5, 0.6) is 5.75 Å². The number of benzene rings is 2. The first-order chi connectivity index (χ1) is 18.2. The molecule has 2 aliphatic heterocycles. The molecular formula is C28H23BrN2O6S. The molecule has 3 heterocycles. The number of amides is 1. The van der Waals surface area contributed by atoms with Gasteiger partial charge in [-0.3, -0.25) is 14.5 Å². The summed E-state index contributed by atoms with van der Waals surface area (Å²) in [5, 5.41) is 11.6. The van der Waals surface area contributed by atoms with E-state index < -0.39 is 23.7 Å². The number of carbonyl (C=O) groups excluding carboxylic acids is 3. The van der Waals surface area contributed by atoms with Gasteiger partial charge in [-0.1, -0.05) is 52.1 Å². The van der Waals surface area contributed by atoms with Gasteiger partial charge in [0, 0.05) is 16.5 Å². The van der Waals surface area contributed by atoms with Gasteiger partial charge < -0.3 is 14.6 Å². The molecule has 0 saturated carbocycles. The summed E-state index contributed by atoms with van der Waals surface area (Å²) >= 11 is 4.36. The van der Waals surface area contributed by atoms with Crippen molar-refractivity contribution in [2.75, 3.05) is 11.5 Å². The molecule has 2 aromatic carbocycles. The molecule has 1 saturated heterocycles. The molecule has 8 nitrogen and oxygen atoms in total. The Balaban J connectivity index is 1.64. The number of aromatic nitrogens is 1. The summed E-state index contributed by atoms with van der Waals surface area (Å²) < 4.78 is 11.7. The molecule has 1 N–H and O–H groups in total. The van der Waals surface area contributed by atoms with Crippen LogP contribution in [0.25, 0.3) is 5.76 Å². The van der Waals surface area contributed by atoms with E-state index in [4.69, 9.17) is 9.47 Å². The topological polar surface area (TPSA) is 106 Å². The number of ether oxygens (including phenoxy) is 2. The minimum atomic E-state index is -0.964. The maximum atomic E-state index is 13.4. The molecule has 194 valence electrons. The molecule has 38 heavy (non-hydrogen) atoms. The summed E-state index contributed by atoms with van der Waals surface area (Å²) in [7, 11) is 0. The fourth-order valence-electron chi connectivity index (χ4n) is 4.59. The van der Waals surface area contributed by atoms with Crippen LogP contribution in [0.1, 0.15) is 45.0 Å². The van der Waals surface area contributed by atoms with E-state index in [0.29, 0.717) is 23.2 Å². The molecular weight excluding hydrogens is 572 g/mol. The summed E-state index contributed by atoms with van der Waals surface area (Å²) in [6.45, 7) is 7.15. The van der Waals surface area contributed by atoms with E-state index in [9.17, 15) is 19.5 Å². The van der Waals surface area contributed by atoms with E-state index >= 15 is 0 Å². The Kier molecular flexibility index (Phi) is 6.93. The molecule has 2 unspecified atom stereocenters. The number of hydrogen-bond donors (Lipinski definition) is 1. The summed E-state index contributed by atoms with van der Waals surface area (Å²) in [5.41, 5.74) is 2.21. The lowest BCUT2D eigenvalue weighted by atomic mass is 9.94. The number of hydrogen-bond acceptors (Lipinski definition) is 8. The number of aryl methyl sites for hydroxylation is 1. The van der Waals surface area contributed by atoms with Crippen LogP contribution in [0, 0.1) is 6.92 Å². The Bertz CT molecular complexity index is 1510. The van der Waals surface area contributed by atoms with Gasteiger partial charge in [0.1, 0.15) is 29.1 Å². The normalized spacial score (nSPS) is 19.8. The SMILES string of the molecule is C=CCOC(=O)c1sc(N2C(=O)C(=O)/C(=C(/O)c3ccc4c(c3)CC(C)O4)C2c2ccc(Br)cc2)nc1C. The number of halogens is 1. The maximum absolute atomic E-state index is 13.4. The van der Waals surface area contributed by atoms with Crippen LogP contribution in [0.4, 0.5) is 5.13 Å². The number of rotatable bonds is 6. The number of carbonyl (C=O) groups is 3. The van der Waals surface area contributed by atoms with E-state index in [0.717, 1.165) is 27.1 Å². The zero-order valence-corrected chi connectivity index (χ0v) is 23.0. The Labute approximate surface area is 231 Å². The fraction of sp³-hybridized carbons (Fsp3) is 0.214. The van der Waals surface area contributed by atoms with Crippen molar-refractivity contribution < 1.29 is 29.0 Å². The molecule has 2 aliphatic rings. The van der Waals surface area contributed by atoms with Gasteiger partial charge >= 0.3 is 11.9 Å². The number of esters is 1. The van der Waals surface area contributed by atoms with Crippen molar-refractivity contribution in [1.82, 2.24) is 4.98 Å². The molecule has 1 fully saturated rings. The van der Waals surface area contributed by atoms with Gasteiger partial charge in [0.15, 0.2) is 5.13 Å². The second-order valence-corrected chi connectivity index (χ2v) is 10.9. The van der Waals surface area contributed by atoms with Crippen molar-refractivity contribution in [1.29, 1.82) is 0 Å². The molecule has 0 bridgehead atoms. The van der Waals surface area contributed by atoms with Crippen LogP contribution in [-0.4, -0.2) is 40.5 Å². The Hall–Kier alpha value is -3.76.